The molecule has 0 spiro atoms. The van der Waals surface area contributed by atoms with Crippen LogP contribution in [0.3, 0.4) is 0 Å². The van der Waals surface area contributed by atoms with Crippen molar-refractivity contribution in [3.8, 4) is 5.82 Å². The number of aromatic nitrogens is 3. The monoisotopic (exact) mass is 322 g/mol. The molecule has 0 atom stereocenters. The Morgan fingerprint density at radius 2 is 2.11 bits per heavy atom. The number of pyridine rings is 1. The number of hydrogen-bond donors (Lipinski definition) is 1. The van der Waals surface area contributed by atoms with E-state index in [9.17, 15) is 0 Å². The van der Waals surface area contributed by atoms with Crippen LogP contribution in [0.4, 0.5) is 0 Å². The van der Waals surface area contributed by atoms with E-state index in [0.29, 0.717) is 5.92 Å². The molecule has 2 aromatic heterocycles. The van der Waals surface area contributed by atoms with Crippen molar-refractivity contribution >= 4 is 15.9 Å². The van der Waals surface area contributed by atoms with Crippen LogP contribution in [0, 0.1) is 0 Å². The van der Waals surface area contributed by atoms with Crippen molar-refractivity contribution in [1.82, 2.24) is 20.1 Å². The van der Waals surface area contributed by atoms with Crippen molar-refractivity contribution in [2.24, 2.45) is 0 Å². The van der Waals surface area contributed by atoms with E-state index in [4.69, 9.17) is 0 Å². The van der Waals surface area contributed by atoms with Gasteiger partial charge in [0.15, 0.2) is 5.82 Å². The van der Waals surface area contributed by atoms with Gasteiger partial charge in [-0.15, -0.1) is 0 Å². The van der Waals surface area contributed by atoms with E-state index in [1.54, 1.807) is 6.20 Å². The first-order chi connectivity index (χ1) is 9.13. The van der Waals surface area contributed by atoms with Crippen LogP contribution >= 0.6 is 15.9 Å². The van der Waals surface area contributed by atoms with Crippen molar-refractivity contribution in [2.45, 2.75) is 33.2 Å². The maximum Gasteiger partial charge on any atom is 0.153 e. The fourth-order valence-electron chi connectivity index (χ4n) is 2.08. The van der Waals surface area contributed by atoms with E-state index in [1.165, 1.54) is 11.3 Å². The molecule has 5 heteroatoms. The Balaban J connectivity index is 2.39. The largest absolute Gasteiger partial charge is 0.313 e. The van der Waals surface area contributed by atoms with E-state index in [0.717, 1.165) is 23.4 Å². The molecule has 19 heavy (non-hydrogen) atoms. The number of rotatable bonds is 5. The second-order valence-corrected chi connectivity index (χ2v) is 5.65. The van der Waals surface area contributed by atoms with Crippen LogP contribution in [0.2, 0.25) is 0 Å². The molecule has 0 radical (unpaired) electrons. The van der Waals surface area contributed by atoms with E-state index < -0.39 is 0 Å². The highest BCUT2D eigenvalue weighted by Crippen LogP contribution is 2.22. The van der Waals surface area contributed by atoms with Gasteiger partial charge in [-0.3, -0.25) is 0 Å². The lowest BCUT2D eigenvalue weighted by molar-refractivity contribution is 0.684. The third-order valence-electron chi connectivity index (χ3n) is 2.93. The minimum absolute atomic E-state index is 0.404. The lowest BCUT2D eigenvalue weighted by Gasteiger charge is -2.12. The molecule has 0 aliphatic carbocycles. The number of nitrogens with one attached hydrogen (secondary N) is 1. The van der Waals surface area contributed by atoms with Gasteiger partial charge in [-0.1, -0.05) is 20.8 Å². The Morgan fingerprint density at radius 1 is 1.32 bits per heavy atom. The highest BCUT2D eigenvalue weighted by Gasteiger charge is 2.15. The molecule has 0 aromatic carbocycles. The summed E-state index contributed by atoms with van der Waals surface area (Å²) in [5.41, 5.74) is 2.46. The van der Waals surface area contributed by atoms with E-state index >= 15 is 0 Å². The standard InChI is InChI=1S/C14H19BrN4/c1-4-16-7-11-8-18-19(14(11)10(2)3)13-6-5-12(15)9-17-13/h5-6,8-10,16H,4,7H2,1-3H3. The van der Waals surface area contributed by atoms with Crippen LogP contribution in [0.1, 0.15) is 37.9 Å². The predicted octanol–water partition coefficient (Wildman–Crippen LogP) is 3.26. The zero-order valence-corrected chi connectivity index (χ0v) is 13.1. The summed E-state index contributed by atoms with van der Waals surface area (Å²) in [4.78, 5) is 4.42. The fraction of sp³-hybridized carbons (Fsp3) is 0.429. The summed E-state index contributed by atoms with van der Waals surface area (Å²) in [6, 6.07) is 3.96. The molecule has 2 heterocycles. The highest BCUT2D eigenvalue weighted by molar-refractivity contribution is 9.10. The fourth-order valence-corrected chi connectivity index (χ4v) is 2.31. The van der Waals surface area contributed by atoms with Crippen LogP contribution in [-0.2, 0) is 6.54 Å². The molecule has 0 fully saturated rings. The molecule has 2 aromatic rings. The summed E-state index contributed by atoms with van der Waals surface area (Å²) in [5.74, 6) is 1.26. The molecule has 0 bridgehead atoms. The first-order valence-corrected chi connectivity index (χ1v) is 7.32. The van der Waals surface area contributed by atoms with Gasteiger partial charge >= 0.3 is 0 Å². The average Bonchev–Trinajstić information content (AvgIpc) is 2.81. The Morgan fingerprint density at radius 3 is 2.68 bits per heavy atom. The highest BCUT2D eigenvalue weighted by atomic mass is 79.9. The van der Waals surface area contributed by atoms with Gasteiger partial charge in [0.2, 0.25) is 0 Å². The number of hydrogen-bond acceptors (Lipinski definition) is 3. The van der Waals surface area contributed by atoms with Crippen molar-refractivity contribution in [2.75, 3.05) is 6.54 Å². The quantitative estimate of drug-likeness (QED) is 0.918. The Labute approximate surface area is 122 Å². The number of halogens is 1. The first-order valence-electron chi connectivity index (χ1n) is 6.53. The van der Waals surface area contributed by atoms with Crippen LogP contribution in [0.25, 0.3) is 5.82 Å². The first kappa shape index (κ1) is 14.2. The topological polar surface area (TPSA) is 42.7 Å². The molecule has 0 unspecified atom stereocenters. The Bertz CT molecular complexity index is 531. The predicted molar refractivity (Wildman–Crippen MR) is 80.5 cm³/mol. The summed E-state index contributed by atoms with van der Waals surface area (Å²) < 4.78 is 2.91. The van der Waals surface area contributed by atoms with Gasteiger partial charge in [-0.2, -0.15) is 5.10 Å². The van der Waals surface area contributed by atoms with Gasteiger partial charge in [0.25, 0.3) is 0 Å². The van der Waals surface area contributed by atoms with Crippen LogP contribution < -0.4 is 5.32 Å². The molecule has 102 valence electrons. The smallest absolute Gasteiger partial charge is 0.153 e. The van der Waals surface area contributed by atoms with Crippen LogP contribution in [-0.4, -0.2) is 21.3 Å². The minimum atomic E-state index is 0.404. The normalized spacial score (nSPS) is 11.2. The summed E-state index contributed by atoms with van der Waals surface area (Å²) in [6.07, 6.45) is 3.73. The average molecular weight is 323 g/mol. The molecule has 2 rings (SSSR count). The zero-order valence-electron chi connectivity index (χ0n) is 11.5. The van der Waals surface area contributed by atoms with E-state index in [-0.39, 0.29) is 0 Å². The van der Waals surface area contributed by atoms with Gasteiger partial charge in [0.05, 0.1) is 11.9 Å². The third kappa shape index (κ3) is 3.22. The van der Waals surface area contributed by atoms with Crippen LogP contribution in [0.15, 0.2) is 29.0 Å². The van der Waals surface area contributed by atoms with Crippen molar-refractivity contribution in [1.29, 1.82) is 0 Å². The molecule has 0 aliphatic rings. The number of nitrogens with zero attached hydrogens (tertiary/aromatic N) is 3. The molecular formula is C14H19BrN4. The Hall–Kier alpha value is -1.20. The van der Waals surface area contributed by atoms with E-state index in [1.807, 2.05) is 23.0 Å². The van der Waals surface area contributed by atoms with Crippen molar-refractivity contribution in [3.63, 3.8) is 0 Å². The Kier molecular flexibility index (Phi) is 4.71. The maximum atomic E-state index is 4.49. The van der Waals surface area contributed by atoms with E-state index in [2.05, 4.69) is 52.1 Å². The molecule has 0 saturated carbocycles. The van der Waals surface area contributed by atoms with Crippen molar-refractivity contribution in [3.05, 3.63) is 40.3 Å². The molecule has 1 N–H and O–H groups in total. The van der Waals surface area contributed by atoms with Gasteiger partial charge in [0.1, 0.15) is 0 Å². The molecule has 0 saturated heterocycles. The summed E-state index contributed by atoms with van der Waals surface area (Å²) >= 11 is 3.40. The summed E-state index contributed by atoms with van der Waals surface area (Å²) in [7, 11) is 0. The second-order valence-electron chi connectivity index (χ2n) is 4.74. The molecular weight excluding hydrogens is 304 g/mol. The second kappa shape index (κ2) is 6.30. The SMILES string of the molecule is CCNCc1cnn(-c2ccc(Br)cn2)c1C(C)C. The van der Waals surface area contributed by atoms with Gasteiger partial charge in [-0.05, 0) is 40.5 Å². The van der Waals surface area contributed by atoms with Gasteiger partial charge in [-0.25, -0.2) is 9.67 Å². The lowest BCUT2D eigenvalue weighted by Crippen LogP contribution is -2.14. The maximum absolute atomic E-state index is 4.49. The van der Waals surface area contributed by atoms with Crippen molar-refractivity contribution < 1.29 is 0 Å². The van der Waals surface area contributed by atoms with Gasteiger partial charge in [0, 0.05) is 22.8 Å². The third-order valence-corrected chi connectivity index (χ3v) is 3.40. The summed E-state index contributed by atoms with van der Waals surface area (Å²) in [5, 5.41) is 7.84. The molecule has 4 nitrogen and oxygen atoms in total. The zero-order chi connectivity index (χ0) is 13.8. The van der Waals surface area contributed by atoms with Crippen LogP contribution in [0.5, 0.6) is 0 Å². The lowest BCUT2D eigenvalue weighted by atomic mass is 10.1. The molecule has 0 amide bonds. The van der Waals surface area contributed by atoms with Gasteiger partial charge < -0.3 is 5.32 Å². The molecule has 0 aliphatic heterocycles. The minimum Gasteiger partial charge on any atom is -0.313 e. The summed E-state index contributed by atoms with van der Waals surface area (Å²) in [6.45, 7) is 8.28.